The zero-order valence-corrected chi connectivity index (χ0v) is 12.1. The van der Waals surface area contributed by atoms with Crippen LogP contribution in [0.3, 0.4) is 0 Å². The van der Waals surface area contributed by atoms with E-state index in [9.17, 15) is 9.90 Å². The number of amides is 2. The molecule has 1 aromatic carbocycles. The van der Waals surface area contributed by atoms with Crippen LogP contribution < -0.4 is 5.32 Å². The molecule has 1 aromatic rings. The number of carbonyl (C=O) groups excluding carboxylic acids is 1. The zero-order valence-electron chi connectivity index (χ0n) is 11.3. The number of halogens is 1. The van der Waals surface area contributed by atoms with E-state index in [2.05, 4.69) is 5.32 Å². The molecule has 0 aromatic heterocycles. The van der Waals surface area contributed by atoms with Crippen LogP contribution in [0.4, 0.5) is 10.5 Å². The third kappa shape index (κ3) is 2.76. The maximum Gasteiger partial charge on any atom is 0.321 e. The fourth-order valence-corrected chi connectivity index (χ4v) is 3.10. The number of hydrogen-bond donors (Lipinski definition) is 2. The summed E-state index contributed by atoms with van der Waals surface area (Å²) in [4.78, 5) is 14.0. The van der Waals surface area contributed by atoms with E-state index in [0.717, 1.165) is 25.7 Å². The molecule has 1 aliphatic heterocycles. The van der Waals surface area contributed by atoms with Gasteiger partial charge in [0.15, 0.2) is 0 Å². The van der Waals surface area contributed by atoms with Crippen molar-refractivity contribution in [1.29, 1.82) is 0 Å². The van der Waals surface area contributed by atoms with E-state index in [1.807, 2.05) is 12.1 Å². The molecule has 20 heavy (non-hydrogen) atoms. The van der Waals surface area contributed by atoms with Gasteiger partial charge in [0.1, 0.15) is 0 Å². The number of likely N-dealkylation sites (tertiary alicyclic amines) is 1. The fraction of sp³-hybridized carbons (Fsp3) is 0.533. The van der Waals surface area contributed by atoms with E-state index in [0.29, 0.717) is 29.7 Å². The van der Waals surface area contributed by atoms with Crippen LogP contribution in [0, 0.1) is 5.92 Å². The molecule has 2 fully saturated rings. The van der Waals surface area contributed by atoms with E-state index < -0.39 is 5.60 Å². The number of anilines is 1. The summed E-state index contributed by atoms with van der Waals surface area (Å²) in [5.74, 6) is 0.354. The number of rotatable bonds is 2. The van der Waals surface area contributed by atoms with Crippen molar-refractivity contribution in [3.63, 3.8) is 0 Å². The SMILES string of the molecule is O=C(Nc1ccccc1Cl)N1CCC(C2(O)CC2)CC1. The van der Waals surface area contributed by atoms with Gasteiger partial charge < -0.3 is 15.3 Å². The lowest BCUT2D eigenvalue weighted by Gasteiger charge is -2.34. The molecule has 5 heteroatoms. The van der Waals surface area contributed by atoms with Crippen molar-refractivity contribution in [2.75, 3.05) is 18.4 Å². The molecule has 1 saturated carbocycles. The zero-order chi connectivity index (χ0) is 14.2. The van der Waals surface area contributed by atoms with Crippen LogP contribution in [0.2, 0.25) is 5.02 Å². The van der Waals surface area contributed by atoms with E-state index in [1.165, 1.54) is 0 Å². The normalized spacial score (nSPS) is 21.6. The number of piperidine rings is 1. The van der Waals surface area contributed by atoms with Crippen LogP contribution in [0.25, 0.3) is 0 Å². The molecule has 2 aliphatic rings. The number of hydrogen-bond acceptors (Lipinski definition) is 2. The second-order valence-corrected chi connectivity index (χ2v) is 6.18. The van der Waals surface area contributed by atoms with Crippen LogP contribution in [-0.4, -0.2) is 34.7 Å². The van der Waals surface area contributed by atoms with Gasteiger partial charge in [0, 0.05) is 13.1 Å². The Bertz CT molecular complexity index is 508. The summed E-state index contributed by atoms with van der Waals surface area (Å²) in [7, 11) is 0. The summed E-state index contributed by atoms with van der Waals surface area (Å²) in [6.45, 7) is 1.40. The van der Waals surface area contributed by atoms with Gasteiger partial charge in [-0.15, -0.1) is 0 Å². The van der Waals surface area contributed by atoms with Crippen molar-refractivity contribution in [3.05, 3.63) is 29.3 Å². The molecule has 2 N–H and O–H groups in total. The molecule has 108 valence electrons. The Kier molecular flexibility index (Phi) is 3.61. The summed E-state index contributed by atoms with van der Waals surface area (Å²) in [5.41, 5.74) is 0.216. The van der Waals surface area contributed by atoms with Crippen molar-refractivity contribution >= 4 is 23.3 Å². The molecule has 0 radical (unpaired) electrons. The Labute approximate surface area is 123 Å². The molecular weight excluding hydrogens is 276 g/mol. The minimum Gasteiger partial charge on any atom is -0.390 e. The summed E-state index contributed by atoms with van der Waals surface area (Å²) in [5, 5.41) is 13.5. The average Bonchev–Trinajstić information content (AvgIpc) is 3.21. The van der Waals surface area contributed by atoms with E-state index in [4.69, 9.17) is 11.6 Å². The van der Waals surface area contributed by atoms with E-state index >= 15 is 0 Å². The molecule has 0 unspecified atom stereocenters. The molecular formula is C15H19ClN2O2. The van der Waals surface area contributed by atoms with Gasteiger partial charge in [-0.05, 0) is 43.7 Å². The highest BCUT2D eigenvalue weighted by Gasteiger charge is 2.48. The van der Waals surface area contributed by atoms with Crippen LogP contribution in [0.15, 0.2) is 24.3 Å². The Balaban J connectivity index is 1.55. The minimum absolute atomic E-state index is 0.112. The molecule has 0 spiro atoms. The molecule has 0 atom stereocenters. The molecule has 4 nitrogen and oxygen atoms in total. The Morgan fingerprint density at radius 3 is 2.55 bits per heavy atom. The second-order valence-electron chi connectivity index (χ2n) is 5.77. The van der Waals surface area contributed by atoms with Crippen molar-refractivity contribution in [2.24, 2.45) is 5.92 Å². The highest BCUT2D eigenvalue weighted by molar-refractivity contribution is 6.33. The summed E-state index contributed by atoms with van der Waals surface area (Å²) < 4.78 is 0. The number of benzene rings is 1. The maximum atomic E-state index is 12.2. The molecule has 3 rings (SSSR count). The smallest absolute Gasteiger partial charge is 0.321 e. The lowest BCUT2D eigenvalue weighted by Crippen LogP contribution is -2.43. The average molecular weight is 295 g/mol. The van der Waals surface area contributed by atoms with Crippen LogP contribution in [-0.2, 0) is 0 Å². The first-order valence-electron chi connectivity index (χ1n) is 7.11. The van der Waals surface area contributed by atoms with E-state index in [-0.39, 0.29) is 6.03 Å². The van der Waals surface area contributed by atoms with Crippen molar-refractivity contribution < 1.29 is 9.90 Å². The van der Waals surface area contributed by atoms with Crippen LogP contribution in [0.5, 0.6) is 0 Å². The first-order valence-corrected chi connectivity index (χ1v) is 7.49. The first-order chi connectivity index (χ1) is 9.58. The van der Waals surface area contributed by atoms with Gasteiger partial charge in [0.05, 0.1) is 16.3 Å². The van der Waals surface area contributed by atoms with Gasteiger partial charge >= 0.3 is 6.03 Å². The standard InChI is InChI=1S/C15H19ClN2O2/c16-12-3-1-2-4-13(12)17-14(19)18-9-5-11(6-10-18)15(20)7-8-15/h1-4,11,20H,5-10H2,(H,17,19). The molecule has 1 aliphatic carbocycles. The number of carbonyl (C=O) groups is 1. The number of urea groups is 1. The lowest BCUT2D eigenvalue weighted by atomic mass is 9.89. The van der Waals surface area contributed by atoms with Crippen molar-refractivity contribution in [3.8, 4) is 0 Å². The lowest BCUT2D eigenvalue weighted by molar-refractivity contribution is 0.0474. The summed E-state index contributed by atoms with van der Waals surface area (Å²) in [6, 6.07) is 7.11. The van der Waals surface area contributed by atoms with Crippen molar-refractivity contribution in [2.45, 2.75) is 31.3 Å². The highest BCUT2D eigenvalue weighted by Crippen LogP contribution is 2.46. The number of nitrogens with one attached hydrogen (secondary N) is 1. The van der Waals surface area contributed by atoms with Crippen LogP contribution in [0.1, 0.15) is 25.7 Å². The van der Waals surface area contributed by atoms with Crippen molar-refractivity contribution in [1.82, 2.24) is 4.90 Å². The monoisotopic (exact) mass is 294 g/mol. The largest absolute Gasteiger partial charge is 0.390 e. The Hall–Kier alpha value is -1.26. The predicted molar refractivity (Wildman–Crippen MR) is 79.0 cm³/mol. The Morgan fingerprint density at radius 2 is 1.95 bits per heavy atom. The van der Waals surface area contributed by atoms with Gasteiger partial charge in [-0.1, -0.05) is 23.7 Å². The maximum absolute atomic E-state index is 12.2. The molecule has 2 amide bonds. The highest BCUT2D eigenvalue weighted by atomic mass is 35.5. The Morgan fingerprint density at radius 1 is 1.30 bits per heavy atom. The molecule has 1 saturated heterocycles. The quantitative estimate of drug-likeness (QED) is 0.880. The van der Waals surface area contributed by atoms with E-state index in [1.54, 1.807) is 17.0 Å². The third-order valence-electron chi connectivity index (χ3n) is 4.42. The minimum atomic E-state index is -0.425. The summed E-state index contributed by atoms with van der Waals surface area (Å²) in [6.07, 6.45) is 3.60. The summed E-state index contributed by atoms with van der Waals surface area (Å²) >= 11 is 6.03. The first kappa shape index (κ1) is 13.7. The van der Waals surface area contributed by atoms with Gasteiger partial charge in [0.25, 0.3) is 0 Å². The topological polar surface area (TPSA) is 52.6 Å². The van der Waals surface area contributed by atoms with Gasteiger partial charge in [-0.3, -0.25) is 0 Å². The number of para-hydroxylation sites is 1. The molecule has 0 bridgehead atoms. The van der Waals surface area contributed by atoms with Gasteiger partial charge in [-0.2, -0.15) is 0 Å². The van der Waals surface area contributed by atoms with Gasteiger partial charge in [0.2, 0.25) is 0 Å². The fourth-order valence-electron chi connectivity index (χ4n) is 2.91. The van der Waals surface area contributed by atoms with Gasteiger partial charge in [-0.25, -0.2) is 4.79 Å². The second kappa shape index (κ2) is 5.26. The predicted octanol–water partition coefficient (Wildman–Crippen LogP) is 3.11. The van der Waals surface area contributed by atoms with Crippen LogP contribution >= 0.6 is 11.6 Å². The molecule has 1 heterocycles. The number of aliphatic hydroxyl groups is 1. The number of nitrogens with zero attached hydrogens (tertiary/aromatic N) is 1. The third-order valence-corrected chi connectivity index (χ3v) is 4.75.